The highest BCUT2D eigenvalue weighted by Gasteiger charge is 2.22. The van der Waals surface area contributed by atoms with Crippen molar-refractivity contribution in [1.82, 2.24) is 5.32 Å². The highest BCUT2D eigenvalue weighted by molar-refractivity contribution is 5.99. The van der Waals surface area contributed by atoms with Gasteiger partial charge in [0, 0.05) is 5.56 Å². The summed E-state index contributed by atoms with van der Waals surface area (Å²) < 4.78 is 16.8. The first-order valence-electron chi connectivity index (χ1n) is 7.92. The van der Waals surface area contributed by atoms with Gasteiger partial charge in [0.2, 0.25) is 0 Å². The number of carbonyl (C=O) groups is 2. The van der Waals surface area contributed by atoms with Crippen molar-refractivity contribution in [2.24, 2.45) is 0 Å². The molecule has 2 heterocycles. The van der Waals surface area contributed by atoms with Crippen LogP contribution in [0.25, 0.3) is 0 Å². The van der Waals surface area contributed by atoms with Crippen molar-refractivity contribution in [3.63, 3.8) is 0 Å². The molecule has 0 fully saturated rings. The van der Waals surface area contributed by atoms with Gasteiger partial charge in [0.15, 0.2) is 18.1 Å². The molecule has 0 aromatic heterocycles. The predicted molar refractivity (Wildman–Crippen MR) is 89.3 cm³/mol. The van der Waals surface area contributed by atoms with E-state index >= 15 is 0 Å². The second-order valence-electron chi connectivity index (χ2n) is 5.76. The number of para-hydroxylation sites is 2. The van der Waals surface area contributed by atoms with Gasteiger partial charge in [0.25, 0.3) is 11.8 Å². The van der Waals surface area contributed by atoms with Crippen LogP contribution in [0.4, 0.5) is 5.69 Å². The fraction of sp³-hybridized carbons (Fsp3) is 0.222. The third kappa shape index (κ3) is 3.21. The van der Waals surface area contributed by atoms with Crippen LogP contribution >= 0.6 is 0 Å². The summed E-state index contributed by atoms with van der Waals surface area (Å²) >= 11 is 0. The molecule has 0 radical (unpaired) electrons. The van der Waals surface area contributed by atoms with E-state index in [1.165, 1.54) is 0 Å². The molecule has 4 rings (SSSR count). The predicted octanol–water partition coefficient (Wildman–Crippen LogP) is 1.59. The Labute approximate surface area is 143 Å². The zero-order chi connectivity index (χ0) is 17.2. The van der Waals surface area contributed by atoms with Gasteiger partial charge in [-0.2, -0.15) is 0 Å². The Balaban J connectivity index is 1.38. The quantitative estimate of drug-likeness (QED) is 0.886. The molecule has 2 aromatic carbocycles. The molecule has 0 saturated heterocycles. The van der Waals surface area contributed by atoms with Gasteiger partial charge in [-0.25, -0.2) is 0 Å². The second kappa shape index (κ2) is 6.35. The van der Waals surface area contributed by atoms with Crippen LogP contribution < -0.4 is 24.8 Å². The number of carbonyl (C=O) groups excluding carboxylic acids is 2. The lowest BCUT2D eigenvalue weighted by molar-refractivity contribution is -0.118. The molecule has 1 atom stereocenters. The number of hydrogen-bond acceptors (Lipinski definition) is 5. The maximum atomic E-state index is 12.3. The van der Waals surface area contributed by atoms with Crippen LogP contribution in [-0.4, -0.2) is 37.7 Å². The third-order valence-corrected chi connectivity index (χ3v) is 3.93. The van der Waals surface area contributed by atoms with Gasteiger partial charge in [0.05, 0.1) is 12.2 Å². The van der Waals surface area contributed by atoms with E-state index in [0.29, 0.717) is 41.7 Å². The van der Waals surface area contributed by atoms with E-state index in [0.717, 1.165) is 0 Å². The number of nitrogens with one attached hydrogen (secondary N) is 2. The molecule has 128 valence electrons. The molecule has 2 aromatic rings. The molecule has 0 unspecified atom stereocenters. The molecule has 0 aliphatic carbocycles. The van der Waals surface area contributed by atoms with Crippen molar-refractivity contribution >= 4 is 17.5 Å². The summed E-state index contributed by atoms with van der Waals surface area (Å²) in [7, 11) is 0. The largest absolute Gasteiger partial charge is 0.486 e. The normalized spacial score (nSPS) is 17.8. The number of amides is 2. The minimum absolute atomic E-state index is 0.0509. The number of fused-ring (bicyclic) bond motifs is 2. The molecule has 0 spiro atoms. The Kier molecular flexibility index (Phi) is 3.89. The zero-order valence-corrected chi connectivity index (χ0v) is 13.3. The number of anilines is 1. The molecule has 2 amide bonds. The minimum Gasteiger partial charge on any atom is -0.486 e. The third-order valence-electron chi connectivity index (χ3n) is 3.93. The molecule has 2 aliphatic rings. The fourth-order valence-electron chi connectivity index (χ4n) is 2.69. The van der Waals surface area contributed by atoms with Crippen LogP contribution in [0, 0.1) is 0 Å². The Bertz CT molecular complexity index is 836. The summed E-state index contributed by atoms with van der Waals surface area (Å²) in [6, 6.07) is 12.3. The van der Waals surface area contributed by atoms with Crippen molar-refractivity contribution in [2.75, 3.05) is 25.1 Å². The lowest BCUT2D eigenvalue weighted by atomic mass is 10.1. The van der Waals surface area contributed by atoms with Crippen LogP contribution in [0.5, 0.6) is 17.2 Å². The summed E-state index contributed by atoms with van der Waals surface area (Å²) in [5.41, 5.74) is 1.01. The van der Waals surface area contributed by atoms with Gasteiger partial charge >= 0.3 is 0 Å². The Morgan fingerprint density at radius 3 is 2.84 bits per heavy atom. The standard InChI is InChI=1S/C18H16N2O5/c21-17-10-24-16-7-11(5-6-13(16)20-17)18(22)19-8-12-9-23-14-3-1-2-4-15(14)25-12/h1-7,12H,8-10H2,(H,19,22)(H,20,21)/t12-/m1/s1. The van der Waals surface area contributed by atoms with Crippen LogP contribution in [0.15, 0.2) is 42.5 Å². The Morgan fingerprint density at radius 1 is 1.12 bits per heavy atom. The Morgan fingerprint density at radius 2 is 1.96 bits per heavy atom. The van der Waals surface area contributed by atoms with Crippen LogP contribution in [0.3, 0.4) is 0 Å². The van der Waals surface area contributed by atoms with Crippen LogP contribution in [0.2, 0.25) is 0 Å². The lowest BCUT2D eigenvalue weighted by Gasteiger charge is -2.26. The highest BCUT2D eigenvalue weighted by Crippen LogP contribution is 2.31. The molecule has 7 nitrogen and oxygen atoms in total. The van der Waals surface area contributed by atoms with Crippen molar-refractivity contribution < 1.29 is 23.8 Å². The summed E-state index contributed by atoms with van der Waals surface area (Å²) in [5.74, 6) is 1.41. The highest BCUT2D eigenvalue weighted by atomic mass is 16.6. The van der Waals surface area contributed by atoms with E-state index in [-0.39, 0.29) is 24.5 Å². The van der Waals surface area contributed by atoms with E-state index in [2.05, 4.69) is 10.6 Å². The number of benzene rings is 2. The number of hydrogen-bond donors (Lipinski definition) is 2. The summed E-state index contributed by atoms with van der Waals surface area (Å²) in [5, 5.41) is 5.52. The van der Waals surface area contributed by atoms with Gasteiger partial charge in [-0.1, -0.05) is 12.1 Å². The smallest absolute Gasteiger partial charge is 0.262 e. The fourth-order valence-corrected chi connectivity index (χ4v) is 2.69. The summed E-state index contributed by atoms with van der Waals surface area (Å²) in [6.07, 6.45) is -0.257. The van der Waals surface area contributed by atoms with E-state index in [4.69, 9.17) is 14.2 Å². The molecular formula is C18H16N2O5. The molecule has 0 saturated carbocycles. The van der Waals surface area contributed by atoms with E-state index in [1.807, 2.05) is 24.3 Å². The minimum atomic E-state index is -0.257. The van der Waals surface area contributed by atoms with Gasteiger partial charge < -0.3 is 24.8 Å². The van der Waals surface area contributed by atoms with Gasteiger partial charge in [0.1, 0.15) is 18.5 Å². The first-order chi connectivity index (χ1) is 12.2. The summed E-state index contributed by atoms with van der Waals surface area (Å²) in [4.78, 5) is 23.6. The van der Waals surface area contributed by atoms with Gasteiger partial charge in [-0.3, -0.25) is 9.59 Å². The maximum absolute atomic E-state index is 12.3. The van der Waals surface area contributed by atoms with Crippen LogP contribution in [-0.2, 0) is 4.79 Å². The van der Waals surface area contributed by atoms with E-state index in [1.54, 1.807) is 18.2 Å². The van der Waals surface area contributed by atoms with E-state index < -0.39 is 0 Å². The van der Waals surface area contributed by atoms with E-state index in [9.17, 15) is 9.59 Å². The topological polar surface area (TPSA) is 85.9 Å². The first-order valence-corrected chi connectivity index (χ1v) is 7.92. The average Bonchev–Trinajstić information content (AvgIpc) is 2.65. The summed E-state index contributed by atoms with van der Waals surface area (Å²) in [6.45, 7) is 0.642. The molecule has 2 N–H and O–H groups in total. The SMILES string of the molecule is O=C1COc2cc(C(=O)NC[C@@H]3COc4ccccc4O3)ccc2N1. The molecule has 25 heavy (non-hydrogen) atoms. The van der Waals surface area contributed by atoms with Crippen molar-refractivity contribution in [2.45, 2.75) is 6.10 Å². The number of rotatable bonds is 3. The van der Waals surface area contributed by atoms with Gasteiger partial charge in [-0.15, -0.1) is 0 Å². The maximum Gasteiger partial charge on any atom is 0.262 e. The number of ether oxygens (including phenoxy) is 3. The van der Waals surface area contributed by atoms with Crippen molar-refractivity contribution in [3.05, 3.63) is 48.0 Å². The average molecular weight is 340 g/mol. The van der Waals surface area contributed by atoms with Gasteiger partial charge in [-0.05, 0) is 30.3 Å². The van der Waals surface area contributed by atoms with Crippen molar-refractivity contribution in [1.29, 1.82) is 0 Å². The molecular weight excluding hydrogens is 324 g/mol. The Hall–Kier alpha value is -3.22. The monoisotopic (exact) mass is 340 g/mol. The zero-order valence-electron chi connectivity index (χ0n) is 13.3. The molecule has 2 aliphatic heterocycles. The molecule has 0 bridgehead atoms. The first kappa shape index (κ1) is 15.3. The lowest BCUT2D eigenvalue weighted by Crippen LogP contribution is -2.40. The van der Waals surface area contributed by atoms with Crippen LogP contribution in [0.1, 0.15) is 10.4 Å². The van der Waals surface area contributed by atoms with Crippen molar-refractivity contribution in [3.8, 4) is 17.2 Å². The second-order valence-corrected chi connectivity index (χ2v) is 5.76. The molecule has 7 heteroatoms.